The minimum absolute atomic E-state index is 0.0151. The number of hydrogen-bond donors (Lipinski definition) is 2. The molecule has 2 aromatic carbocycles. The van der Waals surface area contributed by atoms with Gasteiger partial charge in [-0.05, 0) is 31.2 Å². The van der Waals surface area contributed by atoms with Crippen molar-refractivity contribution in [2.24, 2.45) is 7.05 Å². The van der Waals surface area contributed by atoms with Crippen LogP contribution in [0.1, 0.15) is 47.3 Å². The van der Waals surface area contributed by atoms with Gasteiger partial charge in [0.15, 0.2) is 0 Å². The van der Waals surface area contributed by atoms with E-state index >= 15 is 0 Å². The Labute approximate surface area is 202 Å². The van der Waals surface area contributed by atoms with E-state index in [0.717, 1.165) is 16.7 Å². The lowest BCUT2D eigenvalue weighted by atomic mass is 9.99. The average Bonchev–Trinajstić information content (AvgIpc) is 2.80. The Hall–Kier alpha value is -3.70. The SMILES string of the molecule is CC(Nc1ccccc1C(=O)O)c1cc(C(F)(F)F)cc2c(=O)n(C)c(N3CCC(F)(F)CC3)nc12. The van der Waals surface area contributed by atoms with E-state index in [-0.39, 0.29) is 46.8 Å². The number of benzene rings is 2. The number of carboxylic acid groups (broad SMARTS) is 1. The Morgan fingerprint density at radius 1 is 1.17 bits per heavy atom. The number of nitrogens with one attached hydrogen (secondary N) is 1. The Morgan fingerprint density at radius 2 is 1.81 bits per heavy atom. The number of nitrogens with zero attached hydrogens (tertiary/aromatic N) is 3. The third-order valence-electron chi connectivity index (χ3n) is 6.29. The molecule has 0 bridgehead atoms. The van der Waals surface area contributed by atoms with E-state index in [1.54, 1.807) is 6.07 Å². The summed E-state index contributed by atoms with van der Waals surface area (Å²) in [5.41, 5.74) is -1.73. The average molecular weight is 510 g/mol. The lowest BCUT2D eigenvalue weighted by Gasteiger charge is -2.33. The standard InChI is InChI=1S/C24H23F5N4O3/c1-13(30-18-6-4-3-5-15(18)21(35)36)16-11-14(24(27,28)29)12-17-19(16)31-22(32(2)20(17)34)33-9-7-23(25,26)8-10-33/h3-6,11-13,30H,7-10H2,1-2H3,(H,35,36). The highest BCUT2D eigenvalue weighted by Crippen LogP contribution is 2.36. The zero-order valence-corrected chi connectivity index (χ0v) is 19.4. The van der Waals surface area contributed by atoms with Gasteiger partial charge in [-0.1, -0.05) is 12.1 Å². The second-order valence-corrected chi connectivity index (χ2v) is 8.80. The number of para-hydroxylation sites is 1. The van der Waals surface area contributed by atoms with Crippen LogP contribution in [0, 0.1) is 0 Å². The highest BCUT2D eigenvalue weighted by molar-refractivity contribution is 5.94. The fourth-order valence-electron chi connectivity index (χ4n) is 4.31. The normalized spacial score (nSPS) is 16.7. The minimum atomic E-state index is -4.76. The molecule has 0 radical (unpaired) electrons. The highest BCUT2D eigenvalue weighted by atomic mass is 19.4. The van der Waals surface area contributed by atoms with E-state index in [2.05, 4.69) is 10.3 Å². The number of carboxylic acids is 1. The number of rotatable bonds is 5. The van der Waals surface area contributed by atoms with Crippen LogP contribution in [0.2, 0.25) is 0 Å². The van der Waals surface area contributed by atoms with E-state index in [0.29, 0.717) is 0 Å². The molecule has 192 valence electrons. The number of halogens is 5. The molecule has 1 aliphatic rings. The van der Waals surface area contributed by atoms with Gasteiger partial charge in [0.25, 0.3) is 11.5 Å². The molecule has 3 aromatic rings. The van der Waals surface area contributed by atoms with Gasteiger partial charge in [0.2, 0.25) is 5.95 Å². The maximum atomic E-state index is 13.7. The second-order valence-electron chi connectivity index (χ2n) is 8.80. The quantitative estimate of drug-likeness (QED) is 0.467. The van der Waals surface area contributed by atoms with E-state index < -0.39 is 48.1 Å². The zero-order valence-electron chi connectivity index (χ0n) is 19.4. The molecule has 1 aromatic heterocycles. The fourth-order valence-corrected chi connectivity index (χ4v) is 4.31. The van der Waals surface area contributed by atoms with Crippen LogP contribution in [0.15, 0.2) is 41.2 Å². The van der Waals surface area contributed by atoms with Crippen molar-refractivity contribution in [1.82, 2.24) is 9.55 Å². The van der Waals surface area contributed by atoms with Gasteiger partial charge in [-0.3, -0.25) is 9.36 Å². The first kappa shape index (κ1) is 25.4. The summed E-state index contributed by atoms with van der Waals surface area (Å²) in [5.74, 6) is -3.99. The summed E-state index contributed by atoms with van der Waals surface area (Å²) in [6, 6.07) is 6.60. The van der Waals surface area contributed by atoms with Crippen LogP contribution in [-0.2, 0) is 13.2 Å². The molecule has 7 nitrogen and oxygen atoms in total. The van der Waals surface area contributed by atoms with Crippen LogP contribution in [0.25, 0.3) is 10.9 Å². The molecule has 2 heterocycles. The molecule has 4 rings (SSSR count). The predicted octanol–water partition coefficient (Wildman–Crippen LogP) is 5.06. The number of piperidine rings is 1. The van der Waals surface area contributed by atoms with Crippen molar-refractivity contribution in [3.8, 4) is 0 Å². The Morgan fingerprint density at radius 3 is 2.42 bits per heavy atom. The van der Waals surface area contributed by atoms with Crippen molar-refractivity contribution in [2.45, 2.75) is 37.9 Å². The molecule has 1 atom stereocenters. The van der Waals surface area contributed by atoms with Crippen LogP contribution < -0.4 is 15.8 Å². The third-order valence-corrected chi connectivity index (χ3v) is 6.29. The molecule has 1 aliphatic heterocycles. The molecular weight excluding hydrogens is 487 g/mol. The summed E-state index contributed by atoms with van der Waals surface area (Å²) in [6.45, 7) is 1.37. The molecule has 12 heteroatoms. The maximum absolute atomic E-state index is 13.7. The maximum Gasteiger partial charge on any atom is 0.416 e. The third kappa shape index (κ3) is 4.84. The van der Waals surface area contributed by atoms with Crippen molar-refractivity contribution >= 4 is 28.5 Å². The minimum Gasteiger partial charge on any atom is -0.478 e. The van der Waals surface area contributed by atoms with Gasteiger partial charge < -0.3 is 15.3 Å². The smallest absolute Gasteiger partial charge is 0.416 e. The number of carbonyl (C=O) groups is 1. The molecule has 0 amide bonds. The summed E-state index contributed by atoms with van der Waals surface area (Å²) < 4.78 is 69.6. The summed E-state index contributed by atoms with van der Waals surface area (Å²) in [7, 11) is 1.33. The Bertz CT molecular complexity index is 1380. The molecule has 1 saturated heterocycles. The van der Waals surface area contributed by atoms with E-state index in [1.165, 1.54) is 37.1 Å². The van der Waals surface area contributed by atoms with E-state index in [1.807, 2.05) is 0 Å². The van der Waals surface area contributed by atoms with Crippen LogP contribution in [0.4, 0.5) is 33.6 Å². The predicted molar refractivity (Wildman–Crippen MR) is 124 cm³/mol. The first-order valence-electron chi connectivity index (χ1n) is 11.1. The molecule has 0 spiro atoms. The van der Waals surface area contributed by atoms with Crippen LogP contribution in [-0.4, -0.2) is 39.6 Å². The van der Waals surface area contributed by atoms with Gasteiger partial charge in [-0.15, -0.1) is 0 Å². The molecular formula is C24H23F5N4O3. The van der Waals surface area contributed by atoms with Crippen LogP contribution in [0.5, 0.6) is 0 Å². The van der Waals surface area contributed by atoms with Crippen molar-refractivity contribution in [1.29, 1.82) is 0 Å². The van der Waals surface area contributed by atoms with Crippen molar-refractivity contribution in [2.75, 3.05) is 23.3 Å². The molecule has 0 aliphatic carbocycles. The topological polar surface area (TPSA) is 87.5 Å². The van der Waals surface area contributed by atoms with Gasteiger partial charge in [-0.2, -0.15) is 13.2 Å². The Balaban J connectivity index is 1.88. The van der Waals surface area contributed by atoms with Crippen molar-refractivity contribution in [3.05, 3.63) is 63.4 Å². The number of alkyl halides is 5. The van der Waals surface area contributed by atoms with Crippen molar-refractivity contribution < 1.29 is 31.9 Å². The van der Waals surface area contributed by atoms with Gasteiger partial charge in [0.1, 0.15) is 0 Å². The summed E-state index contributed by atoms with van der Waals surface area (Å²) in [6.07, 6.45) is -5.64. The lowest BCUT2D eigenvalue weighted by molar-refractivity contribution is -0.137. The second kappa shape index (κ2) is 9.07. The van der Waals surface area contributed by atoms with Gasteiger partial charge in [0.05, 0.1) is 28.1 Å². The van der Waals surface area contributed by atoms with Gasteiger partial charge in [-0.25, -0.2) is 18.6 Å². The van der Waals surface area contributed by atoms with E-state index in [9.17, 15) is 36.6 Å². The van der Waals surface area contributed by atoms with Crippen LogP contribution in [0.3, 0.4) is 0 Å². The number of anilines is 2. The van der Waals surface area contributed by atoms with Crippen molar-refractivity contribution in [3.63, 3.8) is 0 Å². The number of fused-ring (bicyclic) bond motifs is 1. The number of aromatic carboxylic acids is 1. The Kier molecular flexibility index (Phi) is 6.40. The molecule has 0 saturated carbocycles. The monoisotopic (exact) mass is 510 g/mol. The lowest BCUT2D eigenvalue weighted by Crippen LogP contribution is -2.42. The molecule has 1 unspecified atom stereocenters. The number of hydrogen-bond acceptors (Lipinski definition) is 5. The first-order chi connectivity index (χ1) is 16.8. The number of aromatic nitrogens is 2. The molecule has 36 heavy (non-hydrogen) atoms. The summed E-state index contributed by atoms with van der Waals surface area (Å²) >= 11 is 0. The largest absolute Gasteiger partial charge is 0.478 e. The summed E-state index contributed by atoms with van der Waals surface area (Å²) in [4.78, 5) is 30.7. The van der Waals surface area contributed by atoms with Crippen LogP contribution >= 0.6 is 0 Å². The molecule has 2 N–H and O–H groups in total. The molecule has 1 fully saturated rings. The highest BCUT2D eigenvalue weighted by Gasteiger charge is 2.36. The zero-order chi connectivity index (χ0) is 26.4. The van der Waals surface area contributed by atoms with E-state index in [4.69, 9.17) is 0 Å². The van der Waals surface area contributed by atoms with Gasteiger partial charge >= 0.3 is 12.1 Å². The van der Waals surface area contributed by atoms with Gasteiger partial charge in [0, 0.05) is 44.2 Å². The summed E-state index contributed by atoms with van der Waals surface area (Å²) in [5, 5.41) is 12.1. The fraction of sp³-hybridized carbons (Fsp3) is 0.375. The first-order valence-corrected chi connectivity index (χ1v) is 11.1.